The second-order valence-corrected chi connectivity index (χ2v) is 4.74. The molecule has 2 saturated heterocycles. The summed E-state index contributed by atoms with van der Waals surface area (Å²) in [6.07, 6.45) is 0.182. The van der Waals surface area contributed by atoms with Crippen molar-refractivity contribution in [1.29, 1.82) is 0 Å². The molecule has 2 aliphatic heterocycles. The lowest BCUT2D eigenvalue weighted by atomic mass is 9.99. The Kier molecular flexibility index (Phi) is 4.27. The van der Waals surface area contributed by atoms with E-state index in [1.807, 2.05) is 0 Å². The highest BCUT2D eigenvalue weighted by Crippen LogP contribution is 2.27. The van der Waals surface area contributed by atoms with Crippen LogP contribution in [0.4, 0.5) is 13.2 Å². The van der Waals surface area contributed by atoms with Gasteiger partial charge in [0.15, 0.2) is 0 Å². The number of rotatable bonds is 4. The molecule has 2 atom stereocenters. The quantitative estimate of drug-likeness (QED) is 0.771. The van der Waals surface area contributed by atoms with Crippen LogP contribution in [0, 0.1) is 0 Å². The lowest BCUT2D eigenvalue weighted by Crippen LogP contribution is -2.45. The Labute approximate surface area is 99.3 Å². The molecule has 2 heterocycles. The van der Waals surface area contributed by atoms with Gasteiger partial charge in [-0.1, -0.05) is 6.42 Å². The number of fused-ring (bicyclic) bond motifs is 1. The van der Waals surface area contributed by atoms with E-state index < -0.39 is 6.36 Å². The number of alkyl halides is 3. The van der Waals surface area contributed by atoms with Gasteiger partial charge in [-0.3, -0.25) is 9.64 Å². The zero-order valence-corrected chi connectivity index (χ0v) is 9.80. The van der Waals surface area contributed by atoms with Crippen molar-refractivity contribution in [1.82, 2.24) is 10.2 Å². The van der Waals surface area contributed by atoms with Gasteiger partial charge in [-0.25, -0.2) is 0 Å². The Morgan fingerprint density at radius 3 is 2.76 bits per heavy atom. The van der Waals surface area contributed by atoms with E-state index in [9.17, 15) is 13.2 Å². The normalized spacial score (nSPS) is 30.5. The number of halogens is 3. The van der Waals surface area contributed by atoms with Crippen LogP contribution in [-0.2, 0) is 4.74 Å². The molecule has 2 rings (SSSR count). The van der Waals surface area contributed by atoms with Crippen LogP contribution in [0.2, 0.25) is 0 Å². The van der Waals surface area contributed by atoms with Crippen molar-refractivity contribution in [2.75, 3.05) is 26.2 Å². The molecule has 3 nitrogen and oxygen atoms in total. The molecular formula is C11H19F3N2O. The second-order valence-electron chi connectivity index (χ2n) is 4.74. The van der Waals surface area contributed by atoms with Gasteiger partial charge < -0.3 is 5.32 Å². The molecule has 2 fully saturated rings. The summed E-state index contributed by atoms with van der Waals surface area (Å²) >= 11 is 0. The van der Waals surface area contributed by atoms with Gasteiger partial charge in [-0.05, 0) is 25.8 Å². The Hall–Kier alpha value is -0.330. The van der Waals surface area contributed by atoms with E-state index in [4.69, 9.17) is 0 Å². The van der Waals surface area contributed by atoms with Gasteiger partial charge in [0.1, 0.15) is 0 Å². The first-order chi connectivity index (χ1) is 8.06. The third-order valence-electron chi connectivity index (χ3n) is 3.63. The monoisotopic (exact) mass is 252 g/mol. The predicted molar refractivity (Wildman–Crippen MR) is 57.6 cm³/mol. The molecule has 0 amide bonds. The average Bonchev–Trinajstić information content (AvgIpc) is 2.67. The number of nitrogens with zero attached hydrogens (tertiary/aromatic N) is 1. The minimum atomic E-state index is -4.51. The molecule has 6 heteroatoms. The molecule has 2 unspecified atom stereocenters. The van der Waals surface area contributed by atoms with Crippen LogP contribution in [0.1, 0.15) is 25.7 Å². The fraction of sp³-hybridized carbons (Fsp3) is 1.00. The number of nitrogens with one attached hydrogen (secondary N) is 1. The molecule has 0 saturated carbocycles. The zero-order valence-electron chi connectivity index (χ0n) is 9.80. The maximum absolute atomic E-state index is 11.8. The predicted octanol–water partition coefficient (Wildman–Crippen LogP) is 1.74. The third kappa shape index (κ3) is 3.82. The van der Waals surface area contributed by atoms with E-state index in [0.29, 0.717) is 12.1 Å². The smallest absolute Gasteiger partial charge is 0.310 e. The summed E-state index contributed by atoms with van der Waals surface area (Å²) in [5.41, 5.74) is 0. The van der Waals surface area contributed by atoms with E-state index >= 15 is 0 Å². The van der Waals surface area contributed by atoms with Crippen molar-refractivity contribution in [3.63, 3.8) is 0 Å². The van der Waals surface area contributed by atoms with Crippen LogP contribution < -0.4 is 5.32 Å². The summed E-state index contributed by atoms with van der Waals surface area (Å²) in [7, 11) is 0. The number of piperidine rings is 1. The Morgan fingerprint density at radius 1 is 1.18 bits per heavy atom. The van der Waals surface area contributed by atoms with Gasteiger partial charge in [-0.2, -0.15) is 0 Å². The molecule has 17 heavy (non-hydrogen) atoms. The maximum Gasteiger partial charge on any atom is 0.522 e. The third-order valence-corrected chi connectivity index (χ3v) is 3.63. The summed E-state index contributed by atoms with van der Waals surface area (Å²) in [6, 6.07) is 0.863. The van der Waals surface area contributed by atoms with E-state index in [1.165, 1.54) is 12.8 Å². The number of ether oxygens (including phenoxy) is 1. The standard InChI is InChI=1S/C11H19F3N2O/c12-11(13,14)17-8-5-15-9-4-7-16-6-2-1-3-10(9)16/h9-10,15H,1-8H2. The van der Waals surface area contributed by atoms with Crippen molar-refractivity contribution in [2.24, 2.45) is 0 Å². The largest absolute Gasteiger partial charge is 0.522 e. The van der Waals surface area contributed by atoms with Gasteiger partial charge in [0.2, 0.25) is 0 Å². The molecule has 0 aromatic heterocycles. The van der Waals surface area contributed by atoms with E-state index in [2.05, 4.69) is 15.0 Å². The molecule has 0 aromatic rings. The molecular weight excluding hydrogens is 233 g/mol. The highest BCUT2D eigenvalue weighted by molar-refractivity contribution is 4.93. The average molecular weight is 252 g/mol. The molecule has 0 spiro atoms. The summed E-state index contributed by atoms with van der Waals surface area (Å²) in [5, 5.41) is 3.19. The van der Waals surface area contributed by atoms with Crippen LogP contribution in [-0.4, -0.2) is 49.6 Å². The van der Waals surface area contributed by atoms with Crippen LogP contribution in [0.5, 0.6) is 0 Å². The molecule has 0 bridgehead atoms. The van der Waals surface area contributed by atoms with E-state index in [-0.39, 0.29) is 13.2 Å². The van der Waals surface area contributed by atoms with Gasteiger partial charge in [0.25, 0.3) is 0 Å². The van der Waals surface area contributed by atoms with Crippen molar-refractivity contribution in [3.8, 4) is 0 Å². The molecule has 2 aliphatic rings. The van der Waals surface area contributed by atoms with Gasteiger partial charge >= 0.3 is 6.36 Å². The Morgan fingerprint density at radius 2 is 2.00 bits per heavy atom. The fourth-order valence-electron chi connectivity index (χ4n) is 2.90. The summed E-state index contributed by atoms with van der Waals surface area (Å²) in [5.74, 6) is 0. The SMILES string of the molecule is FC(F)(F)OCCNC1CCN2CCCCC12. The lowest BCUT2D eigenvalue weighted by Gasteiger charge is -2.32. The van der Waals surface area contributed by atoms with Crippen molar-refractivity contribution in [2.45, 2.75) is 44.1 Å². The topological polar surface area (TPSA) is 24.5 Å². The van der Waals surface area contributed by atoms with Gasteiger partial charge in [0, 0.05) is 25.2 Å². The zero-order chi connectivity index (χ0) is 12.3. The highest BCUT2D eigenvalue weighted by Gasteiger charge is 2.35. The first-order valence-corrected chi connectivity index (χ1v) is 6.24. The first-order valence-electron chi connectivity index (χ1n) is 6.24. The van der Waals surface area contributed by atoms with E-state index in [1.54, 1.807) is 0 Å². The summed E-state index contributed by atoms with van der Waals surface area (Å²) in [4.78, 5) is 2.45. The van der Waals surface area contributed by atoms with Gasteiger partial charge in [0.05, 0.1) is 6.61 Å². The number of hydrogen-bond donors (Lipinski definition) is 1. The molecule has 100 valence electrons. The lowest BCUT2D eigenvalue weighted by molar-refractivity contribution is -0.323. The Balaban J connectivity index is 1.66. The Bertz CT molecular complexity index is 247. The van der Waals surface area contributed by atoms with Crippen LogP contribution in [0.15, 0.2) is 0 Å². The molecule has 0 radical (unpaired) electrons. The molecule has 1 N–H and O–H groups in total. The fourth-order valence-corrected chi connectivity index (χ4v) is 2.90. The maximum atomic E-state index is 11.8. The van der Waals surface area contributed by atoms with E-state index in [0.717, 1.165) is 25.9 Å². The van der Waals surface area contributed by atoms with Crippen molar-refractivity contribution in [3.05, 3.63) is 0 Å². The van der Waals surface area contributed by atoms with Crippen LogP contribution >= 0.6 is 0 Å². The van der Waals surface area contributed by atoms with Crippen molar-refractivity contribution >= 4 is 0 Å². The highest BCUT2D eigenvalue weighted by atomic mass is 19.4. The molecule has 0 aliphatic carbocycles. The van der Waals surface area contributed by atoms with Crippen LogP contribution in [0.25, 0.3) is 0 Å². The first kappa shape index (κ1) is 13.1. The van der Waals surface area contributed by atoms with Crippen LogP contribution in [0.3, 0.4) is 0 Å². The summed E-state index contributed by atoms with van der Waals surface area (Å²) < 4.78 is 39.0. The van der Waals surface area contributed by atoms with Crippen molar-refractivity contribution < 1.29 is 17.9 Å². The number of hydrogen-bond acceptors (Lipinski definition) is 3. The minimum Gasteiger partial charge on any atom is -0.310 e. The van der Waals surface area contributed by atoms with Gasteiger partial charge in [-0.15, -0.1) is 13.2 Å². The second kappa shape index (κ2) is 5.54. The molecule has 0 aromatic carbocycles. The minimum absolute atomic E-state index is 0.272. The summed E-state index contributed by atoms with van der Waals surface area (Å²) in [6.45, 7) is 2.19.